The lowest BCUT2D eigenvalue weighted by Gasteiger charge is -2.12. The van der Waals surface area contributed by atoms with Crippen LogP contribution in [0.3, 0.4) is 0 Å². The lowest BCUT2D eigenvalue weighted by atomic mass is 10.2. The number of aromatic nitrogens is 2. The monoisotopic (exact) mass is 433 g/mol. The highest BCUT2D eigenvalue weighted by Crippen LogP contribution is 2.36. The number of amides is 1. The van der Waals surface area contributed by atoms with E-state index in [9.17, 15) is 13.6 Å². The molecular formula is C21H18ClF2N3O3. The number of ether oxygens (including phenoxy) is 2. The van der Waals surface area contributed by atoms with Gasteiger partial charge in [0, 0.05) is 23.4 Å². The van der Waals surface area contributed by atoms with Crippen LogP contribution in [0.1, 0.15) is 28.2 Å². The van der Waals surface area contributed by atoms with E-state index in [0.717, 1.165) is 29.8 Å². The molecule has 1 N–H and O–H groups in total. The van der Waals surface area contributed by atoms with E-state index in [1.165, 1.54) is 31.0 Å². The number of nitrogens with one attached hydrogen (secondary N) is 1. The predicted octanol–water partition coefficient (Wildman–Crippen LogP) is 4.56. The molecule has 0 atom stereocenters. The van der Waals surface area contributed by atoms with E-state index in [0.29, 0.717) is 40.7 Å². The SMILES string of the molecule is COc1cc(OC)c(NC(=O)c2nn(-c3ccc(F)c(F)c3)c3c2CCC3)cc1Cl. The van der Waals surface area contributed by atoms with Crippen molar-refractivity contribution < 1.29 is 23.0 Å². The molecular weight excluding hydrogens is 416 g/mol. The zero-order chi connectivity index (χ0) is 21.4. The van der Waals surface area contributed by atoms with Gasteiger partial charge in [0.15, 0.2) is 17.3 Å². The molecule has 0 saturated carbocycles. The second-order valence-corrected chi connectivity index (χ2v) is 7.19. The van der Waals surface area contributed by atoms with E-state index in [2.05, 4.69) is 10.4 Å². The minimum atomic E-state index is -0.974. The topological polar surface area (TPSA) is 65.4 Å². The summed E-state index contributed by atoms with van der Waals surface area (Å²) in [6.07, 6.45) is 2.20. The van der Waals surface area contributed by atoms with Crippen LogP contribution in [-0.4, -0.2) is 29.9 Å². The number of nitrogens with zero attached hydrogens (tertiary/aromatic N) is 2. The van der Waals surface area contributed by atoms with E-state index in [-0.39, 0.29) is 5.69 Å². The number of hydrogen-bond acceptors (Lipinski definition) is 4. The number of rotatable bonds is 5. The molecule has 0 unspecified atom stereocenters. The molecule has 9 heteroatoms. The van der Waals surface area contributed by atoms with Gasteiger partial charge in [-0.05, 0) is 37.5 Å². The number of benzene rings is 2. The van der Waals surface area contributed by atoms with Gasteiger partial charge in [0.25, 0.3) is 5.91 Å². The number of hydrogen-bond donors (Lipinski definition) is 1. The van der Waals surface area contributed by atoms with Gasteiger partial charge in [0.05, 0.1) is 30.6 Å². The highest BCUT2D eigenvalue weighted by Gasteiger charge is 2.28. The Kier molecular flexibility index (Phi) is 5.34. The van der Waals surface area contributed by atoms with Crippen molar-refractivity contribution in [1.82, 2.24) is 9.78 Å². The average Bonchev–Trinajstić information content (AvgIpc) is 3.33. The van der Waals surface area contributed by atoms with Gasteiger partial charge in [-0.25, -0.2) is 13.5 Å². The van der Waals surface area contributed by atoms with Crippen LogP contribution in [0, 0.1) is 11.6 Å². The quantitative estimate of drug-likeness (QED) is 0.640. The standard InChI is InChI=1S/C21H18ClF2N3O3/c1-29-18-10-19(30-2)16(9-13(18)22)25-21(28)20-12-4-3-5-17(12)27(26-20)11-6-7-14(23)15(24)8-11/h6-10H,3-5H2,1-2H3,(H,25,28). The maximum absolute atomic E-state index is 13.7. The largest absolute Gasteiger partial charge is 0.495 e. The zero-order valence-corrected chi connectivity index (χ0v) is 17.0. The van der Waals surface area contributed by atoms with Crippen LogP contribution in [0.2, 0.25) is 5.02 Å². The molecule has 0 saturated heterocycles. The maximum Gasteiger partial charge on any atom is 0.276 e. The minimum Gasteiger partial charge on any atom is -0.495 e. The first-order valence-corrected chi connectivity index (χ1v) is 9.59. The summed E-state index contributed by atoms with van der Waals surface area (Å²) in [5.74, 6) is -1.58. The number of methoxy groups -OCH3 is 2. The van der Waals surface area contributed by atoms with Crippen LogP contribution < -0.4 is 14.8 Å². The van der Waals surface area contributed by atoms with Crippen LogP contribution in [0.5, 0.6) is 11.5 Å². The molecule has 0 aliphatic heterocycles. The van der Waals surface area contributed by atoms with Crippen molar-refractivity contribution in [3.63, 3.8) is 0 Å². The first-order valence-electron chi connectivity index (χ1n) is 9.22. The van der Waals surface area contributed by atoms with Crippen molar-refractivity contribution in [3.8, 4) is 17.2 Å². The van der Waals surface area contributed by atoms with Gasteiger partial charge in [-0.15, -0.1) is 0 Å². The van der Waals surface area contributed by atoms with Crippen molar-refractivity contribution in [1.29, 1.82) is 0 Å². The van der Waals surface area contributed by atoms with Gasteiger partial charge in [0.2, 0.25) is 0 Å². The maximum atomic E-state index is 13.7. The number of carbonyl (C=O) groups is 1. The van der Waals surface area contributed by atoms with Gasteiger partial charge >= 0.3 is 0 Å². The Labute approximate surface area is 176 Å². The molecule has 2 aromatic carbocycles. The summed E-state index contributed by atoms with van der Waals surface area (Å²) in [4.78, 5) is 13.0. The third kappa shape index (κ3) is 3.47. The molecule has 0 spiro atoms. The summed E-state index contributed by atoms with van der Waals surface area (Å²) in [6.45, 7) is 0. The molecule has 1 aliphatic rings. The second kappa shape index (κ2) is 7.95. The summed E-state index contributed by atoms with van der Waals surface area (Å²) in [5, 5.41) is 7.48. The number of halogens is 3. The van der Waals surface area contributed by atoms with Gasteiger partial charge in [-0.1, -0.05) is 11.6 Å². The molecule has 30 heavy (non-hydrogen) atoms. The normalized spacial score (nSPS) is 12.6. The van der Waals surface area contributed by atoms with Crippen LogP contribution >= 0.6 is 11.6 Å². The zero-order valence-electron chi connectivity index (χ0n) is 16.3. The van der Waals surface area contributed by atoms with Gasteiger partial charge in [-0.2, -0.15) is 5.10 Å². The first kappa shape index (κ1) is 20.2. The van der Waals surface area contributed by atoms with Crippen LogP contribution in [0.25, 0.3) is 5.69 Å². The Morgan fingerprint density at radius 3 is 2.57 bits per heavy atom. The Morgan fingerprint density at radius 1 is 1.10 bits per heavy atom. The van der Waals surface area contributed by atoms with Gasteiger partial charge in [0.1, 0.15) is 11.5 Å². The Balaban J connectivity index is 1.71. The molecule has 0 radical (unpaired) electrons. The average molecular weight is 434 g/mol. The summed E-state index contributed by atoms with van der Waals surface area (Å²) >= 11 is 6.18. The number of carbonyl (C=O) groups excluding carboxylic acids is 1. The van der Waals surface area contributed by atoms with Crippen LogP contribution in [0.15, 0.2) is 30.3 Å². The van der Waals surface area contributed by atoms with E-state index in [1.807, 2.05) is 0 Å². The third-order valence-corrected chi connectivity index (χ3v) is 5.31. The molecule has 156 valence electrons. The minimum absolute atomic E-state index is 0.223. The summed E-state index contributed by atoms with van der Waals surface area (Å²) < 4.78 is 39.0. The molecule has 1 amide bonds. The fraction of sp³-hybridized carbons (Fsp3) is 0.238. The van der Waals surface area contributed by atoms with Crippen LogP contribution in [-0.2, 0) is 12.8 Å². The molecule has 1 aliphatic carbocycles. The van der Waals surface area contributed by atoms with Crippen molar-refractivity contribution in [2.75, 3.05) is 19.5 Å². The Morgan fingerprint density at radius 2 is 1.87 bits per heavy atom. The molecule has 0 bridgehead atoms. The molecule has 6 nitrogen and oxygen atoms in total. The lowest BCUT2D eigenvalue weighted by Crippen LogP contribution is -2.15. The fourth-order valence-electron chi connectivity index (χ4n) is 3.59. The van der Waals surface area contributed by atoms with E-state index >= 15 is 0 Å². The molecule has 4 rings (SSSR count). The number of anilines is 1. The Bertz CT molecular complexity index is 1150. The fourth-order valence-corrected chi connectivity index (χ4v) is 3.83. The summed E-state index contributed by atoms with van der Waals surface area (Å²) in [7, 11) is 2.95. The summed E-state index contributed by atoms with van der Waals surface area (Å²) in [5.41, 5.74) is 2.54. The smallest absolute Gasteiger partial charge is 0.276 e. The van der Waals surface area contributed by atoms with Gasteiger partial charge < -0.3 is 14.8 Å². The highest BCUT2D eigenvalue weighted by molar-refractivity contribution is 6.32. The highest BCUT2D eigenvalue weighted by atomic mass is 35.5. The third-order valence-electron chi connectivity index (χ3n) is 5.02. The van der Waals surface area contributed by atoms with Gasteiger partial charge in [-0.3, -0.25) is 4.79 Å². The van der Waals surface area contributed by atoms with E-state index in [1.54, 1.807) is 6.07 Å². The van der Waals surface area contributed by atoms with E-state index < -0.39 is 17.5 Å². The number of fused-ring (bicyclic) bond motifs is 1. The van der Waals surface area contributed by atoms with Crippen molar-refractivity contribution in [3.05, 3.63) is 63.9 Å². The summed E-state index contributed by atoms with van der Waals surface area (Å²) in [6, 6.07) is 6.64. The first-order chi connectivity index (χ1) is 14.4. The molecule has 0 fully saturated rings. The molecule has 3 aromatic rings. The molecule has 1 aromatic heterocycles. The van der Waals surface area contributed by atoms with Crippen LogP contribution in [0.4, 0.5) is 14.5 Å². The van der Waals surface area contributed by atoms with Crippen molar-refractivity contribution >= 4 is 23.2 Å². The van der Waals surface area contributed by atoms with E-state index in [4.69, 9.17) is 21.1 Å². The predicted molar refractivity (Wildman–Crippen MR) is 108 cm³/mol. The second-order valence-electron chi connectivity index (χ2n) is 6.78. The Hall–Kier alpha value is -3.13. The van der Waals surface area contributed by atoms with Crippen molar-refractivity contribution in [2.24, 2.45) is 0 Å². The molecule has 1 heterocycles. The lowest BCUT2D eigenvalue weighted by molar-refractivity contribution is 0.102. The van der Waals surface area contributed by atoms with Crippen molar-refractivity contribution in [2.45, 2.75) is 19.3 Å².